The van der Waals surface area contributed by atoms with E-state index in [1.807, 2.05) is 35.2 Å². The van der Waals surface area contributed by atoms with Gasteiger partial charge in [0, 0.05) is 17.7 Å². The maximum absolute atomic E-state index is 14.2. The van der Waals surface area contributed by atoms with Crippen molar-refractivity contribution in [1.82, 2.24) is 0 Å². The summed E-state index contributed by atoms with van der Waals surface area (Å²) in [7, 11) is 0. The number of alkyl halides is 24. The molecule has 5 aromatic carbocycles. The van der Waals surface area contributed by atoms with Gasteiger partial charge in [-0.15, -0.1) is 12.6 Å². The van der Waals surface area contributed by atoms with Crippen LogP contribution in [-0.4, -0.2) is 18.1 Å². The summed E-state index contributed by atoms with van der Waals surface area (Å²) in [5.41, 5.74) is -28.5. The Morgan fingerprint density at radius 1 is 0.387 bits per heavy atom. The number of rotatable bonds is 8. The first kappa shape index (κ1) is 59.3. The van der Waals surface area contributed by atoms with E-state index in [0.717, 1.165) is 6.54 Å². The van der Waals surface area contributed by atoms with Gasteiger partial charge in [-0.1, -0.05) is 78.9 Å². The third kappa shape index (κ3) is 14.2. The summed E-state index contributed by atoms with van der Waals surface area (Å²) in [5.74, 6) is -0.255. The molecule has 0 atom stereocenters. The second-order valence-corrected chi connectivity index (χ2v) is 16.3. The monoisotopic (exact) mass is 1120 g/mol. The first-order valence-corrected chi connectivity index (χ1v) is 20.9. The summed E-state index contributed by atoms with van der Waals surface area (Å²) >= 11 is 3.85. The molecule has 0 spiro atoms. The van der Waals surface area contributed by atoms with Crippen LogP contribution in [0.4, 0.5) is 105 Å². The van der Waals surface area contributed by atoms with Crippen LogP contribution in [0.25, 0.3) is 0 Å². The van der Waals surface area contributed by atoms with E-state index in [1.54, 1.807) is 12.1 Å². The second-order valence-electron chi connectivity index (χ2n) is 16.0. The highest BCUT2D eigenvalue weighted by Gasteiger charge is 2.47. The lowest BCUT2D eigenvalue weighted by Crippen LogP contribution is -2.75. The van der Waals surface area contributed by atoms with Crippen LogP contribution in [0.3, 0.4) is 0 Å². The SMILES string of the molecule is FC(F)(F)c1cc([B-](c2cc(C(F)(F)F)cc(C(F)(F)F)c2)(c2cc(C(F)(F)F)cc(C(F)(F)F)c2)c2cc(C(F)(F)F)cc(C(F)(F)F)c2)cc(C(F)(F)F)c1.O=C(OCS)c1cc[n+](Cc2ccccc2)cc1. The number of pyridine rings is 1. The molecule has 0 aliphatic rings. The van der Waals surface area contributed by atoms with Crippen LogP contribution in [0.5, 0.6) is 0 Å². The fraction of sp³-hybridized carbons (Fsp3) is 0.217. The van der Waals surface area contributed by atoms with Crippen LogP contribution in [0, 0.1) is 0 Å². The summed E-state index contributed by atoms with van der Waals surface area (Å²) < 4.78 is 348. The maximum atomic E-state index is 14.2. The predicted molar refractivity (Wildman–Crippen MR) is 222 cm³/mol. The van der Waals surface area contributed by atoms with Crippen molar-refractivity contribution in [2.24, 2.45) is 0 Å². The number of aromatic nitrogens is 1. The van der Waals surface area contributed by atoms with Crippen molar-refractivity contribution in [3.63, 3.8) is 0 Å². The average molecular weight is 1120 g/mol. The predicted octanol–water partition coefficient (Wildman–Crippen LogP) is 13.3. The van der Waals surface area contributed by atoms with Crippen LogP contribution in [0.15, 0.2) is 128 Å². The molecule has 0 aliphatic carbocycles. The standard InChI is InChI=1S/C32H12BF24.C14H13NO2S/c34-25(35,36)13-1-14(26(37,38)39)6-21(5-13)33(22-7-15(27(40,41)42)2-16(8-22)28(43,44)45,23-9-17(29(46,47)48)3-18(10-23)30(49,50)51)24-11-19(31(52,53)54)4-20(12-24)32(55,56)57;16-14(17-11-18)13-6-8-15(9-7-13)10-12-4-2-1-3-5-12/h1-12H;1-9H,10-11H2/q-1;/p+1. The molecule has 0 saturated carbocycles. The number of ether oxygens (including phenoxy) is 1. The Labute approximate surface area is 410 Å². The molecule has 0 saturated heterocycles. The van der Waals surface area contributed by atoms with Gasteiger partial charge in [0.25, 0.3) is 0 Å². The number of carbonyl (C=O) groups excluding carboxylic acids is 1. The minimum atomic E-state index is -6.13. The number of thiol groups is 1. The molecule has 0 fully saturated rings. The number of benzene rings is 5. The van der Waals surface area contributed by atoms with Crippen molar-refractivity contribution in [2.45, 2.75) is 56.0 Å². The quantitative estimate of drug-likeness (QED) is 0.0411. The van der Waals surface area contributed by atoms with Crippen LogP contribution < -0.4 is 26.4 Å². The van der Waals surface area contributed by atoms with Gasteiger partial charge in [-0.2, -0.15) is 127 Å². The number of halogens is 24. The Balaban J connectivity index is 0.000000483. The lowest BCUT2D eigenvalue weighted by Gasteiger charge is -2.46. The molecule has 0 amide bonds. The third-order valence-corrected chi connectivity index (χ3v) is 11.1. The van der Waals surface area contributed by atoms with Gasteiger partial charge < -0.3 is 4.74 Å². The molecule has 29 heteroatoms. The molecule has 1 aromatic heterocycles. The van der Waals surface area contributed by atoms with Crippen LogP contribution in [0.2, 0.25) is 0 Å². The molecular weight excluding hydrogens is 1100 g/mol. The normalized spacial score (nSPS) is 13.3. The van der Waals surface area contributed by atoms with Crippen LogP contribution >= 0.6 is 12.6 Å². The van der Waals surface area contributed by atoms with Gasteiger partial charge in [-0.3, -0.25) is 0 Å². The van der Waals surface area contributed by atoms with E-state index in [2.05, 4.69) is 24.8 Å². The molecule has 6 aromatic rings. The highest BCUT2D eigenvalue weighted by molar-refractivity contribution is 7.80. The molecule has 75 heavy (non-hydrogen) atoms. The van der Waals surface area contributed by atoms with Crippen molar-refractivity contribution in [2.75, 3.05) is 5.94 Å². The summed E-state index contributed by atoms with van der Waals surface area (Å²) in [6.45, 7) is 0.780. The van der Waals surface area contributed by atoms with Crippen LogP contribution in [0.1, 0.15) is 60.4 Å². The van der Waals surface area contributed by atoms with Gasteiger partial charge in [-0.25, -0.2) is 9.36 Å². The van der Waals surface area contributed by atoms with E-state index >= 15 is 0 Å². The highest BCUT2D eigenvalue weighted by Crippen LogP contribution is 2.41. The highest BCUT2D eigenvalue weighted by atomic mass is 32.1. The number of nitrogens with zero attached hydrogens (tertiary/aromatic N) is 1. The molecule has 6 rings (SSSR count). The van der Waals surface area contributed by atoms with Crippen molar-refractivity contribution in [3.05, 3.63) is 183 Å². The van der Waals surface area contributed by atoms with Crippen molar-refractivity contribution < 1.29 is 119 Å². The smallest absolute Gasteiger partial charge is 0.416 e. The Morgan fingerprint density at radius 2 is 0.627 bits per heavy atom. The number of esters is 1. The number of hydrogen-bond acceptors (Lipinski definition) is 3. The Bertz CT molecular complexity index is 2550. The zero-order valence-electron chi connectivity index (χ0n) is 36.4. The minimum absolute atomic E-state index is 0.0950. The van der Waals surface area contributed by atoms with E-state index in [4.69, 9.17) is 4.74 Å². The van der Waals surface area contributed by atoms with Crippen molar-refractivity contribution >= 4 is 46.6 Å². The summed E-state index contributed by atoms with van der Waals surface area (Å²) in [5, 5.41) is 0. The third-order valence-electron chi connectivity index (χ3n) is 11.0. The van der Waals surface area contributed by atoms with Crippen molar-refractivity contribution in [3.8, 4) is 0 Å². The van der Waals surface area contributed by atoms with Gasteiger partial charge in [0.15, 0.2) is 18.9 Å². The fourth-order valence-electron chi connectivity index (χ4n) is 7.71. The lowest BCUT2D eigenvalue weighted by atomic mass is 9.12. The van der Waals surface area contributed by atoms with E-state index in [-0.39, 0.29) is 11.9 Å². The number of hydrogen-bond donors (Lipinski definition) is 1. The van der Waals surface area contributed by atoms with E-state index in [0.29, 0.717) is 5.56 Å². The molecule has 0 radical (unpaired) electrons. The molecule has 404 valence electrons. The zero-order chi connectivity index (χ0) is 56.7. The van der Waals surface area contributed by atoms with E-state index < -0.39 is 195 Å². The summed E-state index contributed by atoms with van der Waals surface area (Å²) in [6, 6.07) is 4.82. The molecular formula is C46H26BF24NO2S. The molecule has 0 N–H and O–H groups in total. The molecule has 0 aliphatic heterocycles. The molecule has 3 nitrogen and oxygen atoms in total. The second kappa shape index (κ2) is 20.9. The minimum Gasteiger partial charge on any atom is -0.451 e. The topological polar surface area (TPSA) is 30.2 Å². The largest absolute Gasteiger partial charge is 0.451 e. The zero-order valence-corrected chi connectivity index (χ0v) is 37.3. The summed E-state index contributed by atoms with van der Waals surface area (Å²) in [4.78, 5) is 11.4. The fourth-order valence-corrected chi connectivity index (χ4v) is 7.82. The Hall–Kier alpha value is -6.55. The Morgan fingerprint density at radius 3 is 0.840 bits per heavy atom. The summed E-state index contributed by atoms with van der Waals surface area (Å²) in [6.07, 6.45) is -51.1. The van der Waals surface area contributed by atoms with Gasteiger partial charge in [0.05, 0.1) is 50.1 Å². The van der Waals surface area contributed by atoms with Gasteiger partial charge in [0.2, 0.25) is 0 Å². The Kier molecular flexibility index (Phi) is 16.5. The molecule has 0 unspecified atom stereocenters. The first-order chi connectivity index (χ1) is 34.1. The van der Waals surface area contributed by atoms with E-state index in [1.165, 1.54) is 5.56 Å². The van der Waals surface area contributed by atoms with E-state index in [9.17, 15) is 110 Å². The van der Waals surface area contributed by atoms with Gasteiger partial charge in [0.1, 0.15) is 12.1 Å². The van der Waals surface area contributed by atoms with Gasteiger partial charge in [-0.05, 0) is 24.3 Å². The molecule has 1 heterocycles. The first-order valence-electron chi connectivity index (χ1n) is 20.2. The lowest BCUT2D eigenvalue weighted by molar-refractivity contribution is -0.688. The van der Waals surface area contributed by atoms with Gasteiger partial charge >= 0.3 is 55.4 Å². The number of carbonyl (C=O) groups is 1. The average Bonchev–Trinajstić information content (AvgIpc) is 3.27. The van der Waals surface area contributed by atoms with Crippen molar-refractivity contribution in [1.29, 1.82) is 0 Å². The molecule has 0 bridgehead atoms. The van der Waals surface area contributed by atoms with Crippen LogP contribution in [-0.2, 0) is 60.7 Å². The maximum Gasteiger partial charge on any atom is 0.416 e.